The first-order chi connectivity index (χ1) is 13.6. The van der Waals surface area contributed by atoms with Crippen LogP contribution in [0.1, 0.15) is 48.9 Å². The summed E-state index contributed by atoms with van der Waals surface area (Å²) in [5.74, 6) is -0.554. The minimum absolute atomic E-state index is 0.0788. The van der Waals surface area contributed by atoms with Gasteiger partial charge in [-0.25, -0.2) is 12.8 Å². The van der Waals surface area contributed by atoms with E-state index in [0.29, 0.717) is 12.1 Å². The van der Waals surface area contributed by atoms with Crippen molar-refractivity contribution in [1.82, 2.24) is 5.32 Å². The summed E-state index contributed by atoms with van der Waals surface area (Å²) in [6.07, 6.45) is 2.43. The number of carbonyl (C=O) groups excluding carboxylic acids is 1. The van der Waals surface area contributed by atoms with E-state index in [1.165, 1.54) is 39.7 Å². The van der Waals surface area contributed by atoms with Gasteiger partial charge >= 0.3 is 0 Å². The van der Waals surface area contributed by atoms with Crippen LogP contribution in [0.5, 0.6) is 0 Å². The molecule has 0 aliphatic carbocycles. The van der Waals surface area contributed by atoms with Gasteiger partial charge in [0.2, 0.25) is 15.9 Å². The quantitative estimate of drug-likeness (QED) is 0.659. The second kappa shape index (κ2) is 9.87. The zero-order valence-electron chi connectivity index (χ0n) is 17.4. The second-order valence-electron chi connectivity index (χ2n) is 7.29. The minimum Gasteiger partial charge on any atom is -0.349 e. The maximum absolute atomic E-state index is 13.1. The van der Waals surface area contributed by atoms with Crippen LogP contribution in [-0.2, 0) is 14.8 Å². The Morgan fingerprint density at radius 2 is 1.76 bits per heavy atom. The van der Waals surface area contributed by atoms with Crippen LogP contribution in [0.2, 0.25) is 0 Å². The van der Waals surface area contributed by atoms with E-state index >= 15 is 0 Å². The molecular formula is C22H29FN2O3S. The monoisotopic (exact) mass is 420 g/mol. The van der Waals surface area contributed by atoms with Gasteiger partial charge in [-0.15, -0.1) is 0 Å². The molecular weight excluding hydrogens is 391 g/mol. The molecule has 7 heteroatoms. The van der Waals surface area contributed by atoms with Gasteiger partial charge in [0.25, 0.3) is 0 Å². The molecule has 1 amide bonds. The molecule has 2 aromatic carbocycles. The summed E-state index contributed by atoms with van der Waals surface area (Å²) in [5.41, 5.74) is 3.83. The number of benzene rings is 2. The average molecular weight is 421 g/mol. The van der Waals surface area contributed by atoms with E-state index in [4.69, 9.17) is 0 Å². The lowest BCUT2D eigenvalue weighted by Gasteiger charge is -2.23. The number of aryl methyl sites for hydroxylation is 2. The average Bonchev–Trinajstić information content (AvgIpc) is 2.65. The van der Waals surface area contributed by atoms with Crippen LogP contribution in [0, 0.1) is 19.7 Å². The fraction of sp³-hybridized carbons (Fsp3) is 0.409. The number of rotatable bonds is 9. The number of hydrogen-bond donors (Lipinski definition) is 1. The Hall–Kier alpha value is -2.41. The maximum atomic E-state index is 13.1. The first-order valence-corrected chi connectivity index (χ1v) is 11.6. The highest BCUT2D eigenvalue weighted by Crippen LogP contribution is 2.21. The van der Waals surface area contributed by atoms with Crippen LogP contribution in [-0.4, -0.2) is 27.1 Å². The Kier molecular flexibility index (Phi) is 7.79. The summed E-state index contributed by atoms with van der Waals surface area (Å²) in [6, 6.07) is 11.4. The Morgan fingerprint density at radius 1 is 1.10 bits per heavy atom. The highest BCUT2D eigenvalue weighted by atomic mass is 32.2. The van der Waals surface area contributed by atoms with Crippen molar-refractivity contribution in [2.75, 3.05) is 17.1 Å². The number of sulfonamides is 1. The van der Waals surface area contributed by atoms with Crippen molar-refractivity contribution in [3.05, 3.63) is 65.0 Å². The van der Waals surface area contributed by atoms with Crippen molar-refractivity contribution in [3.63, 3.8) is 0 Å². The van der Waals surface area contributed by atoms with Crippen LogP contribution >= 0.6 is 0 Å². The van der Waals surface area contributed by atoms with Gasteiger partial charge in [0, 0.05) is 13.0 Å². The first kappa shape index (κ1) is 22.9. The molecule has 5 nitrogen and oxygen atoms in total. The highest BCUT2D eigenvalue weighted by Gasteiger charge is 2.18. The van der Waals surface area contributed by atoms with E-state index in [9.17, 15) is 17.6 Å². The molecule has 1 atom stereocenters. The number of nitrogens with one attached hydrogen (secondary N) is 1. The molecule has 0 bridgehead atoms. The van der Waals surface area contributed by atoms with E-state index in [-0.39, 0.29) is 24.9 Å². The molecule has 2 aromatic rings. The Balaban J connectivity index is 1.97. The van der Waals surface area contributed by atoms with Crippen LogP contribution in [0.4, 0.5) is 10.1 Å². The molecule has 0 unspecified atom stereocenters. The fourth-order valence-corrected chi connectivity index (χ4v) is 4.11. The second-order valence-corrected chi connectivity index (χ2v) is 9.19. The van der Waals surface area contributed by atoms with Crippen molar-refractivity contribution >= 4 is 21.6 Å². The summed E-state index contributed by atoms with van der Waals surface area (Å²) in [4.78, 5) is 12.4. The number of anilines is 1. The molecule has 0 radical (unpaired) electrons. The zero-order chi connectivity index (χ0) is 21.6. The highest BCUT2D eigenvalue weighted by molar-refractivity contribution is 7.92. The molecule has 0 aliphatic heterocycles. The molecule has 0 aromatic heterocycles. The van der Waals surface area contributed by atoms with E-state index in [0.717, 1.165) is 18.2 Å². The molecule has 0 fully saturated rings. The standard InChI is InChI=1S/C22H29FN2O3S/c1-5-21(18-9-8-16(2)17(3)15-18)24-22(26)7-6-14-25(29(4,27)28)20-12-10-19(23)11-13-20/h8-13,15,21H,5-7,14H2,1-4H3,(H,24,26)/t21-/m0/s1. The Labute approximate surface area is 173 Å². The van der Waals surface area contributed by atoms with E-state index in [1.807, 2.05) is 32.9 Å². The smallest absolute Gasteiger partial charge is 0.232 e. The van der Waals surface area contributed by atoms with Crippen molar-refractivity contribution in [2.45, 2.75) is 46.1 Å². The van der Waals surface area contributed by atoms with Gasteiger partial charge in [0.15, 0.2) is 0 Å². The molecule has 0 saturated heterocycles. The lowest BCUT2D eigenvalue weighted by atomic mass is 9.99. The Morgan fingerprint density at radius 3 is 2.31 bits per heavy atom. The largest absolute Gasteiger partial charge is 0.349 e. The van der Waals surface area contributed by atoms with Gasteiger partial charge < -0.3 is 5.32 Å². The molecule has 0 saturated carbocycles. The number of nitrogens with zero attached hydrogens (tertiary/aromatic N) is 1. The maximum Gasteiger partial charge on any atom is 0.232 e. The summed E-state index contributed by atoms with van der Waals surface area (Å²) < 4.78 is 38.5. The van der Waals surface area contributed by atoms with Crippen LogP contribution in [0.3, 0.4) is 0 Å². The third kappa shape index (κ3) is 6.56. The van der Waals surface area contributed by atoms with Crippen LogP contribution in [0.15, 0.2) is 42.5 Å². The molecule has 158 valence electrons. The predicted octanol–water partition coefficient (Wildman–Crippen LogP) is 4.26. The predicted molar refractivity (Wildman–Crippen MR) is 115 cm³/mol. The minimum atomic E-state index is -3.53. The molecule has 1 N–H and O–H groups in total. The number of amides is 1. The van der Waals surface area contributed by atoms with E-state index < -0.39 is 15.8 Å². The lowest BCUT2D eigenvalue weighted by molar-refractivity contribution is -0.121. The Bertz CT molecular complexity index is 943. The van der Waals surface area contributed by atoms with Crippen molar-refractivity contribution in [1.29, 1.82) is 0 Å². The SMILES string of the molecule is CC[C@H](NC(=O)CCCN(c1ccc(F)cc1)S(C)(=O)=O)c1ccc(C)c(C)c1. The number of halogens is 1. The summed E-state index contributed by atoms with van der Waals surface area (Å²) in [6.45, 7) is 6.26. The number of hydrogen-bond acceptors (Lipinski definition) is 3. The van der Waals surface area contributed by atoms with Gasteiger partial charge in [-0.2, -0.15) is 0 Å². The van der Waals surface area contributed by atoms with E-state index in [2.05, 4.69) is 11.4 Å². The van der Waals surface area contributed by atoms with Crippen molar-refractivity contribution < 1.29 is 17.6 Å². The lowest BCUT2D eigenvalue weighted by Crippen LogP contribution is -2.33. The molecule has 29 heavy (non-hydrogen) atoms. The van der Waals surface area contributed by atoms with Crippen LogP contribution in [0.25, 0.3) is 0 Å². The fourth-order valence-electron chi connectivity index (χ4n) is 3.15. The molecule has 0 aliphatic rings. The van der Waals surface area contributed by atoms with Gasteiger partial charge in [-0.1, -0.05) is 25.1 Å². The normalized spacial score (nSPS) is 12.4. The summed E-state index contributed by atoms with van der Waals surface area (Å²) in [7, 11) is -3.53. The molecule has 0 heterocycles. The zero-order valence-corrected chi connectivity index (χ0v) is 18.2. The first-order valence-electron chi connectivity index (χ1n) is 9.71. The molecule has 0 spiro atoms. The van der Waals surface area contributed by atoms with Crippen molar-refractivity contribution in [2.24, 2.45) is 0 Å². The third-order valence-corrected chi connectivity index (χ3v) is 6.15. The topological polar surface area (TPSA) is 66.5 Å². The summed E-state index contributed by atoms with van der Waals surface area (Å²) in [5, 5.41) is 3.03. The van der Waals surface area contributed by atoms with E-state index in [1.54, 1.807) is 0 Å². The van der Waals surface area contributed by atoms with Crippen LogP contribution < -0.4 is 9.62 Å². The third-order valence-electron chi connectivity index (χ3n) is 4.96. The molecule has 2 rings (SSSR count). The van der Waals surface area contributed by atoms with Crippen molar-refractivity contribution in [3.8, 4) is 0 Å². The van der Waals surface area contributed by atoms with Gasteiger partial charge in [-0.3, -0.25) is 9.10 Å². The number of carbonyl (C=O) groups is 1. The summed E-state index contributed by atoms with van der Waals surface area (Å²) >= 11 is 0. The van der Waals surface area contributed by atoms with Gasteiger partial charge in [0.1, 0.15) is 5.82 Å². The van der Waals surface area contributed by atoms with Gasteiger partial charge in [0.05, 0.1) is 18.0 Å². The van der Waals surface area contributed by atoms with Gasteiger partial charge in [-0.05, 0) is 67.6 Å².